The Morgan fingerprint density at radius 2 is 2.04 bits per heavy atom. The molecule has 2 aromatic heterocycles. The van der Waals surface area contributed by atoms with E-state index in [0.717, 1.165) is 50.5 Å². The predicted octanol–water partition coefficient (Wildman–Crippen LogP) is 2.08. The first kappa shape index (κ1) is 18.3. The van der Waals surface area contributed by atoms with E-state index in [1.165, 1.54) is 0 Å². The summed E-state index contributed by atoms with van der Waals surface area (Å²) in [5.41, 5.74) is 1.02. The number of pyridine rings is 2. The lowest BCUT2D eigenvalue weighted by atomic mass is 10.1. The molecule has 138 valence electrons. The second-order valence-corrected chi connectivity index (χ2v) is 6.85. The summed E-state index contributed by atoms with van der Waals surface area (Å²) < 4.78 is 0. The van der Waals surface area contributed by atoms with Gasteiger partial charge in [-0.2, -0.15) is 0 Å². The first-order valence-electron chi connectivity index (χ1n) is 9.24. The highest BCUT2D eigenvalue weighted by Crippen LogP contribution is 2.17. The lowest BCUT2D eigenvalue weighted by molar-refractivity contribution is -0.122. The van der Waals surface area contributed by atoms with Crippen LogP contribution in [0.25, 0.3) is 0 Å². The molecule has 0 bridgehead atoms. The number of piperidine rings is 1. The van der Waals surface area contributed by atoms with Crippen LogP contribution in [0.3, 0.4) is 0 Å². The van der Waals surface area contributed by atoms with E-state index in [9.17, 15) is 4.79 Å². The van der Waals surface area contributed by atoms with Crippen molar-refractivity contribution in [3.63, 3.8) is 0 Å². The van der Waals surface area contributed by atoms with Gasteiger partial charge in [0.2, 0.25) is 5.91 Å². The van der Waals surface area contributed by atoms with Crippen molar-refractivity contribution < 1.29 is 4.79 Å². The Bertz CT molecular complexity index is 679. The molecular formula is C20H27N5O. The molecule has 0 aliphatic carbocycles. The van der Waals surface area contributed by atoms with Gasteiger partial charge in [0.05, 0.1) is 5.69 Å². The van der Waals surface area contributed by atoms with E-state index < -0.39 is 0 Å². The molecule has 1 atom stereocenters. The second-order valence-electron chi connectivity index (χ2n) is 6.85. The normalized spacial score (nSPS) is 17.3. The van der Waals surface area contributed by atoms with Gasteiger partial charge in [0, 0.05) is 51.0 Å². The molecule has 6 nitrogen and oxygen atoms in total. The van der Waals surface area contributed by atoms with Crippen molar-refractivity contribution in [2.75, 3.05) is 31.6 Å². The molecular weight excluding hydrogens is 326 g/mol. The van der Waals surface area contributed by atoms with E-state index in [0.29, 0.717) is 6.42 Å². The van der Waals surface area contributed by atoms with E-state index in [2.05, 4.69) is 25.1 Å². The van der Waals surface area contributed by atoms with Crippen molar-refractivity contribution in [1.82, 2.24) is 20.2 Å². The molecule has 0 spiro atoms. The van der Waals surface area contributed by atoms with Crippen molar-refractivity contribution in [2.24, 2.45) is 0 Å². The smallest absolute Gasteiger partial charge is 0.221 e. The Balaban J connectivity index is 1.41. The average Bonchev–Trinajstić information content (AvgIpc) is 2.68. The monoisotopic (exact) mass is 353 g/mol. The van der Waals surface area contributed by atoms with Crippen molar-refractivity contribution >= 4 is 11.7 Å². The number of amides is 1. The van der Waals surface area contributed by atoms with Crippen LogP contribution in [0, 0.1) is 0 Å². The van der Waals surface area contributed by atoms with Crippen LogP contribution >= 0.6 is 0 Å². The van der Waals surface area contributed by atoms with E-state index in [-0.39, 0.29) is 11.9 Å². The van der Waals surface area contributed by atoms with Crippen molar-refractivity contribution in [2.45, 2.75) is 31.8 Å². The SMILES string of the molecule is CN(CCC(=O)NC1CCCN(c2ccccn2)C1)Cc1ccccn1. The Labute approximate surface area is 155 Å². The molecule has 1 saturated heterocycles. The third-order valence-electron chi connectivity index (χ3n) is 4.64. The number of aromatic nitrogens is 2. The third kappa shape index (κ3) is 5.52. The Morgan fingerprint density at radius 3 is 2.77 bits per heavy atom. The number of anilines is 1. The minimum Gasteiger partial charge on any atom is -0.355 e. The Morgan fingerprint density at radius 1 is 1.23 bits per heavy atom. The van der Waals surface area contributed by atoms with E-state index in [1.54, 1.807) is 6.20 Å². The molecule has 0 aromatic carbocycles. The molecule has 1 amide bonds. The molecule has 3 heterocycles. The van der Waals surface area contributed by atoms with Gasteiger partial charge < -0.3 is 15.1 Å². The average molecular weight is 353 g/mol. The highest BCUT2D eigenvalue weighted by Gasteiger charge is 2.22. The zero-order chi connectivity index (χ0) is 18.2. The first-order valence-corrected chi connectivity index (χ1v) is 9.24. The van der Waals surface area contributed by atoms with Gasteiger partial charge in [0.15, 0.2) is 0 Å². The lowest BCUT2D eigenvalue weighted by Crippen LogP contribution is -2.48. The van der Waals surface area contributed by atoms with Crippen molar-refractivity contribution in [3.8, 4) is 0 Å². The topological polar surface area (TPSA) is 61.4 Å². The largest absolute Gasteiger partial charge is 0.355 e. The zero-order valence-electron chi connectivity index (χ0n) is 15.3. The number of carbonyl (C=O) groups is 1. The van der Waals surface area contributed by atoms with Gasteiger partial charge in [-0.3, -0.25) is 9.78 Å². The van der Waals surface area contributed by atoms with Gasteiger partial charge in [-0.1, -0.05) is 12.1 Å². The minimum atomic E-state index is 0.116. The van der Waals surface area contributed by atoms with Crippen LogP contribution in [-0.4, -0.2) is 53.5 Å². The van der Waals surface area contributed by atoms with Crippen LogP contribution < -0.4 is 10.2 Å². The van der Waals surface area contributed by atoms with Crippen LogP contribution in [0.4, 0.5) is 5.82 Å². The summed E-state index contributed by atoms with van der Waals surface area (Å²) in [6.07, 6.45) is 6.21. The number of hydrogen-bond acceptors (Lipinski definition) is 5. The van der Waals surface area contributed by atoms with Crippen molar-refractivity contribution in [1.29, 1.82) is 0 Å². The maximum absolute atomic E-state index is 12.3. The maximum atomic E-state index is 12.3. The standard InChI is InChI=1S/C20H27N5O/c1-24(15-17-7-2-4-11-21-17)14-10-20(26)23-18-8-6-13-25(16-18)19-9-3-5-12-22-19/h2-5,7,9,11-12,18H,6,8,10,13-16H2,1H3,(H,23,26). The first-order chi connectivity index (χ1) is 12.7. The number of rotatable bonds is 7. The highest BCUT2D eigenvalue weighted by atomic mass is 16.1. The number of hydrogen-bond donors (Lipinski definition) is 1. The zero-order valence-corrected chi connectivity index (χ0v) is 15.3. The van der Waals surface area contributed by atoms with Gasteiger partial charge in [0.1, 0.15) is 5.82 Å². The molecule has 1 aliphatic rings. The van der Waals surface area contributed by atoms with E-state index >= 15 is 0 Å². The Hall–Kier alpha value is -2.47. The minimum absolute atomic E-state index is 0.116. The molecule has 0 saturated carbocycles. The van der Waals surface area contributed by atoms with Crippen LogP contribution in [0.15, 0.2) is 48.8 Å². The molecule has 0 radical (unpaired) electrons. The predicted molar refractivity (Wildman–Crippen MR) is 103 cm³/mol. The van der Waals surface area contributed by atoms with E-state index in [4.69, 9.17) is 0 Å². The summed E-state index contributed by atoms with van der Waals surface area (Å²) in [5, 5.41) is 3.19. The summed E-state index contributed by atoms with van der Waals surface area (Å²) in [4.78, 5) is 25.4. The number of carbonyl (C=O) groups excluding carboxylic acids is 1. The summed E-state index contributed by atoms with van der Waals surface area (Å²) in [6, 6.07) is 12.0. The summed E-state index contributed by atoms with van der Waals surface area (Å²) in [6.45, 7) is 3.30. The second kappa shape index (κ2) is 9.29. The molecule has 6 heteroatoms. The van der Waals surface area contributed by atoms with Gasteiger partial charge in [-0.25, -0.2) is 4.98 Å². The molecule has 1 aliphatic heterocycles. The van der Waals surface area contributed by atoms with Crippen LogP contribution in [0.5, 0.6) is 0 Å². The summed E-state index contributed by atoms with van der Waals surface area (Å²) >= 11 is 0. The molecule has 26 heavy (non-hydrogen) atoms. The summed E-state index contributed by atoms with van der Waals surface area (Å²) in [7, 11) is 2.02. The van der Waals surface area contributed by atoms with Crippen LogP contribution in [0.2, 0.25) is 0 Å². The molecule has 1 N–H and O–H groups in total. The molecule has 1 fully saturated rings. The number of nitrogens with one attached hydrogen (secondary N) is 1. The Kier molecular flexibility index (Phi) is 6.55. The molecule has 2 aromatic rings. The van der Waals surface area contributed by atoms with Gasteiger partial charge in [0.25, 0.3) is 0 Å². The maximum Gasteiger partial charge on any atom is 0.221 e. The fourth-order valence-corrected chi connectivity index (χ4v) is 3.28. The number of nitrogens with zero attached hydrogens (tertiary/aromatic N) is 4. The highest BCUT2D eigenvalue weighted by molar-refractivity contribution is 5.76. The van der Waals surface area contributed by atoms with Crippen LogP contribution in [0.1, 0.15) is 25.0 Å². The van der Waals surface area contributed by atoms with Gasteiger partial charge in [-0.05, 0) is 44.2 Å². The molecule has 1 unspecified atom stereocenters. The third-order valence-corrected chi connectivity index (χ3v) is 4.64. The lowest BCUT2D eigenvalue weighted by Gasteiger charge is -2.34. The summed E-state index contributed by atoms with van der Waals surface area (Å²) in [5.74, 6) is 1.10. The van der Waals surface area contributed by atoms with Gasteiger partial charge in [-0.15, -0.1) is 0 Å². The van der Waals surface area contributed by atoms with Crippen LogP contribution in [-0.2, 0) is 11.3 Å². The van der Waals surface area contributed by atoms with Crippen molar-refractivity contribution in [3.05, 3.63) is 54.5 Å². The van der Waals surface area contributed by atoms with Gasteiger partial charge >= 0.3 is 0 Å². The fourth-order valence-electron chi connectivity index (χ4n) is 3.28. The molecule has 3 rings (SSSR count). The quantitative estimate of drug-likeness (QED) is 0.826. The fraction of sp³-hybridized carbons (Fsp3) is 0.450. The van der Waals surface area contributed by atoms with E-state index in [1.807, 2.05) is 49.6 Å².